The molecule has 1 fully saturated rings. The van der Waals surface area contributed by atoms with E-state index in [4.69, 9.17) is 4.52 Å². The van der Waals surface area contributed by atoms with Gasteiger partial charge in [0.1, 0.15) is 0 Å². The zero-order valence-corrected chi connectivity index (χ0v) is 12.5. The molecule has 0 bridgehead atoms. The summed E-state index contributed by atoms with van der Waals surface area (Å²) in [5.41, 5.74) is -0.599. The molecular weight excluding hydrogens is 256 g/mol. The highest BCUT2D eigenvalue weighted by atomic mass is 16.5. The average Bonchev–Trinajstić information content (AvgIpc) is 2.66. The van der Waals surface area contributed by atoms with Crippen molar-refractivity contribution >= 4 is 5.91 Å². The van der Waals surface area contributed by atoms with Crippen molar-refractivity contribution in [2.75, 3.05) is 13.1 Å². The molecule has 20 heavy (non-hydrogen) atoms. The summed E-state index contributed by atoms with van der Waals surface area (Å²) in [5.74, 6) is 1.71. The first-order valence-electron chi connectivity index (χ1n) is 7.30. The van der Waals surface area contributed by atoms with Crippen molar-refractivity contribution in [2.24, 2.45) is 5.92 Å². The molecule has 1 aromatic rings. The minimum atomic E-state index is -0.599. The molecule has 6 nitrogen and oxygen atoms in total. The monoisotopic (exact) mass is 280 g/mol. The van der Waals surface area contributed by atoms with Gasteiger partial charge in [-0.3, -0.25) is 4.79 Å². The van der Waals surface area contributed by atoms with Crippen LogP contribution in [0.15, 0.2) is 4.52 Å². The van der Waals surface area contributed by atoms with Gasteiger partial charge in [0.25, 0.3) is 0 Å². The number of nitrogens with one attached hydrogen (secondary N) is 2. The fourth-order valence-electron chi connectivity index (χ4n) is 2.63. The van der Waals surface area contributed by atoms with Gasteiger partial charge >= 0.3 is 0 Å². The fourth-order valence-corrected chi connectivity index (χ4v) is 2.63. The van der Waals surface area contributed by atoms with E-state index in [1.807, 2.05) is 13.8 Å². The molecule has 2 heterocycles. The van der Waals surface area contributed by atoms with Gasteiger partial charge in [-0.2, -0.15) is 4.98 Å². The molecule has 1 aliphatic heterocycles. The molecule has 1 saturated heterocycles. The van der Waals surface area contributed by atoms with E-state index in [1.54, 1.807) is 0 Å². The predicted molar refractivity (Wildman–Crippen MR) is 75.1 cm³/mol. The molecule has 1 aromatic heterocycles. The smallest absolute Gasteiger partial charge is 0.227 e. The maximum atomic E-state index is 11.2. The minimum absolute atomic E-state index is 0.101. The number of nitrogens with zero attached hydrogens (tertiary/aromatic N) is 2. The SMILES string of the molecule is CC(=O)NC(C)(C)c1noc(CC2CCCNCC2)n1. The molecule has 1 atom stereocenters. The van der Waals surface area contributed by atoms with Crippen LogP contribution in [0.1, 0.15) is 51.7 Å². The third-order valence-corrected chi connectivity index (χ3v) is 3.67. The van der Waals surface area contributed by atoms with Gasteiger partial charge in [-0.25, -0.2) is 0 Å². The number of hydrogen-bond donors (Lipinski definition) is 2. The Bertz CT molecular complexity index is 448. The predicted octanol–water partition coefficient (Wildman–Crippen LogP) is 1.37. The van der Waals surface area contributed by atoms with Crippen LogP contribution in [-0.4, -0.2) is 29.1 Å². The summed E-state index contributed by atoms with van der Waals surface area (Å²) in [6, 6.07) is 0. The number of carbonyl (C=O) groups is 1. The molecule has 6 heteroatoms. The standard InChI is InChI=1S/C14H24N4O2/c1-10(19)17-14(2,3)13-16-12(20-18-13)9-11-5-4-7-15-8-6-11/h11,15H,4-9H2,1-3H3,(H,17,19). The lowest BCUT2D eigenvalue weighted by molar-refractivity contribution is -0.120. The molecule has 112 valence electrons. The molecule has 1 unspecified atom stereocenters. The van der Waals surface area contributed by atoms with Gasteiger partial charge in [0, 0.05) is 13.3 Å². The van der Waals surface area contributed by atoms with E-state index in [-0.39, 0.29) is 5.91 Å². The van der Waals surface area contributed by atoms with Crippen molar-refractivity contribution in [3.8, 4) is 0 Å². The summed E-state index contributed by atoms with van der Waals surface area (Å²) in [4.78, 5) is 15.6. The van der Waals surface area contributed by atoms with Gasteiger partial charge in [0.05, 0.1) is 5.54 Å². The molecule has 0 saturated carbocycles. The number of hydrogen-bond acceptors (Lipinski definition) is 5. The van der Waals surface area contributed by atoms with Gasteiger partial charge in [0.2, 0.25) is 11.8 Å². The second kappa shape index (κ2) is 6.35. The highest BCUT2D eigenvalue weighted by molar-refractivity contribution is 5.73. The summed E-state index contributed by atoms with van der Waals surface area (Å²) in [7, 11) is 0. The molecule has 1 amide bonds. The third kappa shape index (κ3) is 4.03. The Morgan fingerprint density at radius 3 is 3.00 bits per heavy atom. The van der Waals surface area contributed by atoms with E-state index in [1.165, 1.54) is 19.8 Å². The molecular formula is C14H24N4O2. The fraction of sp³-hybridized carbons (Fsp3) is 0.786. The van der Waals surface area contributed by atoms with E-state index in [9.17, 15) is 4.79 Å². The van der Waals surface area contributed by atoms with Crippen molar-refractivity contribution in [1.82, 2.24) is 20.8 Å². The molecule has 0 radical (unpaired) electrons. The Balaban J connectivity index is 1.99. The molecule has 2 rings (SSSR count). The summed E-state index contributed by atoms with van der Waals surface area (Å²) in [6.45, 7) is 7.39. The van der Waals surface area contributed by atoms with Crippen LogP contribution in [0.2, 0.25) is 0 Å². The Hall–Kier alpha value is -1.43. The van der Waals surface area contributed by atoms with Crippen molar-refractivity contribution in [2.45, 2.75) is 52.0 Å². The van der Waals surface area contributed by atoms with Crippen LogP contribution >= 0.6 is 0 Å². The summed E-state index contributed by atoms with van der Waals surface area (Å²) in [6.07, 6.45) is 4.36. The van der Waals surface area contributed by atoms with Crippen molar-refractivity contribution < 1.29 is 9.32 Å². The van der Waals surface area contributed by atoms with Crippen LogP contribution in [-0.2, 0) is 16.8 Å². The van der Waals surface area contributed by atoms with E-state index < -0.39 is 5.54 Å². The number of rotatable bonds is 4. The number of amides is 1. The first-order valence-corrected chi connectivity index (χ1v) is 7.30. The van der Waals surface area contributed by atoms with Crippen molar-refractivity contribution in [1.29, 1.82) is 0 Å². The first-order chi connectivity index (χ1) is 9.47. The number of carbonyl (C=O) groups excluding carboxylic acids is 1. The lowest BCUT2D eigenvalue weighted by Crippen LogP contribution is -2.40. The van der Waals surface area contributed by atoms with Gasteiger partial charge < -0.3 is 15.2 Å². The van der Waals surface area contributed by atoms with Crippen LogP contribution in [0.5, 0.6) is 0 Å². The van der Waals surface area contributed by atoms with Crippen LogP contribution in [0.3, 0.4) is 0 Å². The largest absolute Gasteiger partial charge is 0.344 e. The molecule has 1 aliphatic rings. The van der Waals surface area contributed by atoms with E-state index in [2.05, 4.69) is 20.8 Å². The van der Waals surface area contributed by atoms with Crippen LogP contribution < -0.4 is 10.6 Å². The molecule has 0 aliphatic carbocycles. The van der Waals surface area contributed by atoms with Crippen molar-refractivity contribution in [3.63, 3.8) is 0 Å². The lowest BCUT2D eigenvalue weighted by Gasteiger charge is -2.20. The van der Waals surface area contributed by atoms with Gasteiger partial charge in [-0.05, 0) is 52.1 Å². The molecule has 0 aromatic carbocycles. The lowest BCUT2D eigenvalue weighted by atomic mass is 9.97. The first kappa shape index (κ1) is 15.0. The Kier molecular flexibility index (Phi) is 4.75. The second-order valence-electron chi connectivity index (χ2n) is 6.07. The molecule has 0 spiro atoms. The van der Waals surface area contributed by atoms with Crippen LogP contribution in [0.4, 0.5) is 0 Å². The number of aromatic nitrogens is 2. The van der Waals surface area contributed by atoms with E-state index >= 15 is 0 Å². The normalized spacial score (nSPS) is 20.4. The quantitative estimate of drug-likeness (QED) is 0.871. The zero-order chi connectivity index (χ0) is 14.6. The highest BCUT2D eigenvalue weighted by Crippen LogP contribution is 2.21. The van der Waals surface area contributed by atoms with Gasteiger partial charge in [0.15, 0.2) is 5.82 Å². The van der Waals surface area contributed by atoms with Crippen LogP contribution in [0, 0.1) is 5.92 Å². The maximum absolute atomic E-state index is 11.2. The molecule has 2 N–H and O–H groups in total. The van der Waals surface area contributed by atoms with E-state index in [0.717, 1.165) is 25.9 Å². The average molecular weight is 280 g/mol. The maximum Gasteiger partial charge on any atom is 0.227 e. The summed E-state index contributed by atoms with van der Waals surface area (Å²) < 4.78 is 5.34. The summed E-state index contributed by atoms with van der Waals surface area (Å²) in [5, 5.41) is 10.2. The van der Waals surface area contributed by atoms with Gasteiger partial charge in [-0.1, -0.05) is 5.16 Å². The third-order valence-electron chi connectivity index (χ3n) is 3.67. The Morgan fingerprint density at radius 1 is 1.45 bits per heavy atom. The van der Waals surface area contributed by atoms with E-state index in [0.29, 0.717) is 17.6 Å². The zero-order valence-electron chi connectivity index (χ0n) is 12.5. The Labute approximate surface area is 119 Å². The minimum Gasteiger partial charge on any atom is -0.344 e. The summed E-state index contributed by atoms with van der Waals surface area (Å²) >= 11 is 0. The Morgan fingerprint density at radius 2 is 2.25 bits per heavy atom. The second-order valence-corrected chi connectivity index (χ2v) is 6.07. The van der Waals surface area contributed by atoms with Gasteiger partial charge in [-0.15, -0.1) is 0 Å². The van der Waals surface area contributed by atoms with Crippen LogP contribution in [0.25, 0.3) is 0 Å². The van der Waals surface area contributed by atoms with Crippen molar-refractivity contribution in [3.05, 3.63) is 11.7 Å². The highest BCUT2D eigenvalue weighted by Gasteiger charge is 2.28. The topological polar surface area (TPSA) is 80.0 Å².